The second-order valence-corrected chi connectivity index (χ2v) is 1.94. The molecule has 0 saturated heterocycles. The second-order valence-electron chi connectivity index (χ2n) is 1.94. The van der Waals surface area contributed by atoms with Crippen LogP contribution < -0.4 is 0 Å². The van der Waals surface area contributed by atoms with E-state index in [4.69, 9.17) is 15.0 Å². The molecule has 0 heterocycles. The van der Waals surface area contributed by atoms with Crippen molar-refractivity contribution in [2.45, 2.75) is 6.92 Å². The molecule has 0 saturated carbocycles. The van der Waals surface area contributed by atoms with Gasteiger partial charge in [-0.15, -0.1) is 0 Å². The zero-order chi connectivity index (χ0) is 8.69. The molecule has 1 aromatic rings. The molecule has 0 amide bonds. The number of hydrogen-bond acceptors (Lipinski definition) is 1. The van der Waals surface area contributed by atoms with Gasteiger partial charge in [0.25, 0.3) is 0 Å². The number of rotatable bonds is 0. The summed E-state index contributed by atoms with van der Waals surface area (Å²) >= 11 is 0. The average Bonchev–Trinajstić information content (AvgIpc) is 1.87. The maximum absolute atomic E-state index is 8.56. The predicted molar refractivity (Wildman–Crippen MR) is 49.0 cm³/mol. The summed E-state index contributed by atoms with van der Waals surface area (Å²) in [7, 11) is 0. The van der Waals surface area contributed by atoms with Gasteiger partial charge < -0.3 is 10.2 Å². The van der Waals surface area contributed by atoms with Crippen molar-refractivity contribution < 1.29 is 15.0 Å². The molecule has 0 bridgehead atoms. The normalized spacial score (nSPS) is 7.08. The Bertz CT molecular complexity index is 207. The first kappa shape index (κ1) is 14.6. The van der Waals surface area contributed by atoms with E-state index in [2.05, 4.69) is 19.1 Å². The number of carbonyl (C=O) groups is 1. The van der Waals surface area contributed by atoms with Gasteiger partial charge in [-0.05, 0) is 6.92 Å². The first-order chi connectivity index (χ1) is 5.13. The SMILES string of the molecule is Cc1ccccc1.O=C(O)O.[KH]. The van der Waals surface area contributed by atoms with E-state index in [0.717, 1.165) is 0 Å². The van der Waals surface area contributed by atoms with Crippen LogP contribution in [0.4, 0.5) is 4.79 Å². The van der Waals surface area contributed by atoms with Crippen LogP contribution >= 0.6 is 0 Å². The molecule has 1 aromatic carbocycles. The van der Waals surface area contributed by atoms with Crippen LogP contribution in [-0.2, 0) is 0 Å². The molecule has 2 N–H and O–H groups in total. The van der Waals surface area contributed by atoms with Crippen LogP contribution in [0.5, 0.6) is 0 Å². The molecule has 4 heteroatoms. The van der Waals surface area contributed by atoms with Crippen molar-refractivity contribution in [3.63, 3.8) is 0 Å². The van der Waals surface area contributed by atoms with Crippen LogP contribution in [0.2, 0.25) is 0 Å². The number of carboxylic acid groups (broad SMARTS) is 2. The van der Waals surface area contributed by atoms with E-state index in [1.54, 1.807) is 0 Å². The van der Waals surface area contributed by atoms with Gasteiger partial charge in [-0.3, -0.25) is 0 Å². The fourth-order valence-corrected chi connectivity index (χ4v) is 0.534. The molecule has 0 aliphatic heterocycles. The Kier molecular flexibility index (Phi) is 11.2. The van der Waals surface area contributed by atoms with Crippen LogP contribution in [-0.4, -0.2) is 67.8 Å². The Morgan fingerprint density at radius 1 is 1.17 bits per heavy atom. The van der Waals surface area contributed by atoms with Gasteiger partial charge in [0.2, 0.25) is 0 Å². The second kappa shape index (κ2) is 9.22. The third-order valence-electron chi connectivity index (χ3n) is 0.940. The summed E-state index contributed by atoms with van der Waals surface area (Å²) in [5, 5.41) is 13.9. The van der Waals surface area contributed by atoms with E-state index < -0.39 is 6.16 Å². The molecule has 1 rings (SSSR count). The first-order valence-corrected chi connectivity index (χ1v) is 3.06. The summed E-state index contributed by atoms with van der Waals surface area (Å²) in [6.07, 6.45) is -1.83. The summed E-state index contributed by atoms with van der Waals surface area (Å²) in [6.45, 7) is 2.08. The third-order valence-corrected chi connectivity index (χ3v) is 0.940. The van der Waals surface area contributed by atoms with Gasteiger partial charge in [0.1, 0.15) is 0 Å². The first-order valence-electron chi connectivity index (χ1n) is 3.06. The van der Waals surface area contributed by atoms with Crippen molar-refractivity contribution in [1.29, 1.82) is 0 Å². The summed E-state index contributed by atoms with van der Waals surface area (Å²) < 4.78 is 0. The molecule has 0 spiro atoms. The summed E-state index contributed by atoms with van der Waals surface area (Å²) in [5.41, 5.74) is 1.32. The van der Waals surface area contributed by atoms with E-state index in [9.17, 15) is 0 Å². The quantitative estimate of drug-likeness (QED) is 0.616. The van der Waals surface area contributed by atoms with Crippen LogP contribution in [0.3, 0.4) is 0 Å². The van der Waals surface area contributed by atoms with Crippen molar-refractivity contribution in [1.82, 2.24) is 0 Å². The van der Waals surface area contributed by atoms with Crippen LogP contribution in [0.25, 0.3) is 0 Å². The Morgan fingerprint density at radius 2 is 1.50 bits per heavy atom. The van der Waals surface area contributed by atoms with E-state index >= 15 is 0 Å². The molecule has 0 fully saturated rings. The van der Waals surface area contributed by atoms with E-state index in [0.29, 0.717) is 0 Å². The molecule has 0 radical (unpaired) electrons. The Morgan fingerprint density at radius 3 is 1.67 bits per heavy atom. The minimum absolute atomic E-state index is 0. The monoisotopic (exact) mass is 194 g/mol. The summed E-state index contributed by atoms with van der Waals surface area (Å²) in [6, 6.07) is 10.3. The maximum atomic E-state index is 8.56. The zero-order valence-corrected chi connectivity index (χ0v) is 6.19. The molecule has 3 nitrogen and oxygen atoms in total. The molecule has 0 aliphatic rings. The predicted octanol–water partition coefficient (Wildman–Crippen LogP) is 1.57. The van der Waals surface area contributed by atoms with Crippen LogP contribution in [0.1, 0.15) is 5.56 Å². The Labute approximate surface area is 114 Å². The van der Waals surface area contributed by atoms with Gasteiger partial charge in [0.15, 0.2) is 0 Å². The molecular formula is C8H11KO3. The Hall–Kier alpha value is 0.126. The van der Waals surface area contributed by atoms with Gasteiger partial charge in [-0.25, -0.2) is 4.79 Å². The topological polar surface area (TPSA) is 57.5 Å². The molecule has 62 valence electrons. The molecule has 0 unspecified atom stereocenters. The van der Waals surface area contributed by atoms with E-state index in [-0.39, 0.29) is 51.4 Å². The average molecular weight is 194 g/mol. The zero-order valence-electron chi connectivity index (χ0n) is 6.19. The van der Waals surface area contributed by atoms with Crippen molar-refractivity contribution >= 4 is 57.5 Å². The molecular weight excluding hydrogens is 183 g/mol. The minimum atomic E-state index is -1.83. The van der Waals surface area contributed by atoms with Gasteiger partial charge in [-0.2, -0.15) is 0 Å². The van der Waals surface area contributed by atoms with Crippen LogP contribution in [0.15, 0.2) is 30.3 Å². The number of hydrogen-bond donors (Lipinski definition) is 2. The number of benzene rings is 1. The fraction of sp³-hybridized carbons (Fsp3) is 0.125. The van der Waals surface area contributed by atoms with Crippen LogP contribution in [0, 0.1) is 6.92 Å². The molecule has 0 atom stereocenters. The fourth-order valence-electron chi connectivity index (χ4n) is 0.534. The van der Waals surface area contributed by atoms with Gasteiger partial charge in [-0.1, -0.05) is 35.9 Å². The molecule has 0 aromatic heterocycles. The summed E-state index contributed by atoms with van der Waals surface area (Å²) in [4.78, 5) is 8.56. The molecule has 0 aliphatic carbocycles. The van der Waals surface area contributed by atoms with Gasteiger partial charge >= 0.3 is 57.5 Å². The van der Waals surface area contributed by atoms with Gasteiger partial charge in [0, 0.05) is 0 Å². The van der Waals surface area contributed by atoms with Crippen molar-refractivity contribution in [3.8, 4) is 0 Å². The summed E-state index contributed by atoms with van der Waals surface area (Å²) in [5.74, 6) is 0. The van der Waals surface area contributed by atoms with Gasteiger partial charge in [0.05, 0.1) is 0 Å². The van der Waals surface area contributed by atoms with E-state index in [1.807, 2.05) is 18.2 Å². The van der Waals surface area contributed by atoms with E-state index in [1.165, 1.54) is 5.56 Å². The standard InChI is InChI=1S/C7H8.CH2O3.K.H/c1-7-5-3-2-4-6-7;2-1(3)4;;/h2-6H,1H3;(H2,2,3,4);;. The van der Waals surface area contributed by atoms with Crippen molar-refractivity contribution in [2.24, 2.45) is 0 Å². The third kappa shape index (κ3) is 12.8. The molecule has 12 heavy (non-hydrogen) atoms. The number of aryl methyl sites for hydroxylation is 1. The Balaban J connectivity index is 0. The van der Waals surface area contributed by atoms with Crippen molar-refractivity contribution in [2.75, 3.05) is 0 Å². The van der Waals surface area contributed by atoms with Crippen molar-refractivity contribution in [3.05, 3.63) is 35.9 Å².